The third-order valence-corrected chi connectivity index (χ3v) is 4.94. The number of aromatic nitrogens is 1. The van der Waals surface area contributed by atoms with E-state index in [1.165, 1.54) is 13.2 Å². The molecule has 8 nitrogen and oxygen atoms in total. The van der Waals surface area contributed by atoms with Gasteiger partial charge in [-0.05, 0) is 29.8 Å². The zero-order chi connectivity index (χ0) is 22.0. The van der Waals surface area contributed by atoms with Crippen LogP contribution in [0.2, 0.25) is 0 Å². The van der Waals surface area contributed by atoms with Crippen molar-refractivity contribution >= 4 is 33.7 Å². The van der Waals surface area contributed by atoms with Crippen LogP contribution in [0.1, 0.15) is 16.1 Å². The van der Waals surface area contributed by atoms with Crippen molar-refractivity contribution in [3.05, 3.63) is 82.3 Å². The van der Waals surface area contributed by atoms with Crippen LogP contribution in [0, 0.1) is 0 Å². The standard InChI is InChI=1S/C23H19N3O5/c1-30-15-7-8-16-14(11-21(27)31-20(16)12-15)10-19(22(24)28)26-23(29)18-9-6-13-4-2-3-5-17(13)25-18/h2-9,11-12,19H,10H2,1H3,(H2,24,28)(H,26,29)/t19-/m0/s1. The van der Waals surface area contributed by atoms with Crippen molar-refractivity contribution < 1.29 is 18.7 Å². The Balaban J connectivity index is 1.63. The van der Waals surface area contributed by atoms with Crippen molar-refractivity contribution in [3.8, 4) is 5.75 Å². The van der Waals surface area contributed by atoms with E-state index in [2.05, 4.69) is 10.3 Å². The van der Waals surface area contributed by atoms with Gasteiger partial charge in [0.2, 0.25) is 5.91 Å². The molecule has 0 radical (unpaired) electrons. The zero-order valence-electron chi connectivity index (χ0n) is 16.6. The summed E-state index contributed by atoms with van der Waals surface area (Å²) in [4.78, 5) is 41.1. The normalized spacial score (nSPS) is 11.9. The lowest BCUT2D eigenvalue weighted by atomic mass is 10.0. The van der Waals surface area contributed by atoms with E-state index >= 15 is 0 Å². The fourth-order valence-electron chi connectivity index (χ4n) is 3.37. The third kappa shape index (κ3) is 4.23. The maximum Gasteiger partial charge on any atom is 0.336 e. The SMILES string of the molecule is COc1ccc2c(C[C@H](NC(=O)c3ccc4ccccc4n3)C(N)=O)cc(=O)oc2c1. The minimum Gasteiger partial charge on any atom is -0.497 e. The summed E-state index contributed by atoms with van der Waals surface area (Å²) in [7, 11) is 1.50. The van der Waals surface area contributed by atoms with Gasteiger partial charge in [-0.3, -0.25) is 9.59 Å². The van der Waals surface area contributed by atoms with Gasteiger partial charge >= 0.3 is 5.63 Å². The Hall–Kier alpha value is -4.20. The number of nitrogens with one attached hydrogen (secondary N) is 1. The average molecular weight is 417 g/mol. The summed E-state index contributed by atoms with van der Waals surface area (Å²) in [5.74, 6) is -0.748. The Morgan fingerprint density at radius 3 is 2.71 bits per heavy atom. The van der Waals surface area contributed by atoms with Gasteiger partial charge in [-0.15, -0.1) is 0 Å². The molecule has 0 saturated carbocycles. The maximum atomic E-state index is 12.7. The lowest BCUT2D eigenvalue weighted by Crippen LogP contribution is -2.46. The molecule has 31 heavy (non-hydrogen) atoms. The van der Waals surface area contributed by atoms with Crippen LogP contribution in [-0.2, 0) is 11.2 Å². The van der Waals surface area contributed by atoms with E-state index in [0.717, 1.165) is 5.39 Å². The van der Waals surface area contributed by atoms with E-state index in [1.54, 1.807) is 36.4 Å². The summed E-state index contributed by atoms with van der Waals surface area (Å²) in [5, 5.41) is 4.13. The second-order valence-corrected chi connectivity index (χ2v) is 6.97. The number of carbonyl (C=O) groups excluding carboxylic acids is 2. The van der Waals surface area contributed by atoms with Crippen LogP contribution in [0.3, 0.4) is 0 Å². The Morgan fingerprint density at radius 2 is 1.94 bits per heavy atom. The van der Waals surface area contributed by atoms with Crippen LogP contribution in [0.25, 0.3) is 21.9 Å². The van der Waals surface area contributed by atoms with Gasteiger partial charge in [0.1, 0.15) is 23.1 Å². The number of primary amides is 1. The molecule has 4 rings (SSSR count). The number of amides is 2. The first-order valence-electron chi connectivity index (χ1n) is 9.51. The first-order chi connectivity index (χ1) is 14.9. The predicted octanol–water partition coefficient (Wildman–Crippen LogP) is 2.18. The van der Waals surface area contributed by atoms with E-state index in [1.807, 2.05) is 18.2 Å². The summed E-state index contributed by atoms with van der Waals surface area (Å²) in [6, 6.07) is 16.0. The van der Waals surface area contributed by atoms with Crippen molar-refractivity contribution in [1.29, 1.82) is 0 Å². The van der Waals surface area contributed by atoms with Crippen LogP contribution in [-0.4, -0.2) is 29.9 Å². The number of rotatable bonds is 6. The largest absolute Gasteiger partial charge is 0.497 e. The number of para-hydroxylation sites is 1. The molecule has 0 aliphatic carbocycles. The molecule has 4 aromatic rings. The molecule has 2 heterocycles. The van der Waals surface area contributed by atoms with Crippen molar-refractivity contribution in [1.82, 2.24) is 10.3 Å². The molecular formula is C23H19N3O5. The van der Waals surface area contributed by atoms with Gasteiger partial charge in [-0.2, -0.15) is 0 Å². The number of nitrogens with zero attached hydrogens (tertiary/aromatic N) is 1. The van der Waals surface area contributed by atoms with Gasteiger partial charge in [0.05, 0.1) is 12.6 Å². The molecular weight excluding hydrogens is 398 g/mol. The Labute approximate surface area is 176 Å². The summed E-state index contributed by atoms with van der Waals surface area (Å²) in [5.41, 5.74) is 6.60. The molecule has 0 spiro atoms. The van der Waals surface area contributed by atoms with Crippen molar-refractivity contribution in [3.63, 3.8) is 0 Å². The van der Waals surface area contributed by atoms with Crippen LogP contribution in [0.15, 0.2) is 69.9 Å². The van der Waals surface area contributed by atoms with E-state index in [0.29, 0.717) is 27.8 Å². The van der Waals surface area contributed by atoms with E-state index < -0.39 is 23.5 Å². The number of nitrogens with two attached hydrogens (primary N) is 1. The number of benzene rings is 2. The van der Waals surface area contributed by atoms with E-state index in [-0.39, 0.29) is 12.1 Å². The second kappa shape index (κ2) is 8.27. The lowest BCUT2D eigenvalue weighted by molar-refractivity contribution is -0.119. The Kier molecular flexibility index (Phi) is 5.36. The minimum absolute atomic E-state index is 0.0169. The topological polar surface area (TPSA) is 125 Å². The molecule has 0 unspecified atom stereocenters. The molecule has 0 saturated heterocycles. The van der Waals surface area contributed by atoms with Crippen LogP contribution >= 0.6 is 0 Å². The predicted molar refractivity (Wildman–Crippen MR) is 115 cm³/mol. The summed E-state index contributed by atoms with van der Waals surface area (Å²) in [6.07, 6.45) is 0.0169. The highest BCUT2D eigenvalue weighted by atomic mass is 16.5. The number of hydrogen-bond donors (Lipinski definition) is 2. The molecule has 0 aliphatic heterocycles. The molecule has 156 valence electrons. The first kappa shape index (κ1) is 20.1. The highest BCUT2D eigenvalue weighted by molar-refractivity contribution is 5.97. The highest BCUT2D eigenvalue weighted by Gasteiger charge is 2.22. The Bertz CT molecular complexity index is 1360. The van der Waals surface area contributed by atoms with Crippen LogP contribution in [0.4, 0.5) is 0 Å². The fourth-order valence-corrected chi connectivity index (χ4v) is 3.37. The summed E-state index contributed by atoms with van der Waals surface area (Å²) < 4.78 is 10.4. The highest BCUT2D eigenvalue weighted by Crippen LogP contribution is 2.23. The van der Waals surface area contributed by atoms with Crippen molar-refractivity contribution in [2.75, 3.05) is 7.11 Å². The van der Waals surface area contributed by atoms with Gasteiger partial charge in [0.25, 0.3) is 5.91 Å². The van der Waals surface area contributed by atoms with Crippen molar-refractivity contribution in [2.24, 2.45) is 5.73 Å². The molecule has 8 heteroatoms. The second-order valence-electron chi connectivity index (χ2n) is 6.97. The fraction of sp³-hybridized carbons (Fsp3) is 0.130. The quantitative estimate of drug-likeness (QED) is 0.463. The molecule has 3 N–H and O–H groups in total. The summed E-state index contributed by atoms with van der Waals surface area (Å²) >= 11 is 0. The average Bonchev–Trinajstić information content (AvgIpc) is 2.77. The van der Waals surface area contributed by atoms with Gasteiger partial charge in [0, 0.05) is 29.3 Å². The molecule has 1 atom stereocenters. The van der Waals surface area contributed by atoms with E-state index in [4.69, 9.17) is 14.9 Å². The number of fused-ring (bicyclic) bond motifs is 2. The van der Waals surface area contributed by atoms with Gasteiger partial charge in [-0.25, -0.2) is 9.78 Å². The molecule has 0 bridgehead atoms. The van der Waals surface area contributed by atoms with E-state index in [9.17, 15) is 14.4 Å². The number of carbonyl (C=O) groups is 2. The van der Waals surface area contributed by atoms with Crippen molar-refractivity contribution in [2.45, 2.75) is 12.5 Å². The smallest absolute Gasteiger partial charge is 0.336 e. The first-order valence-corrected chi connectivity index (χ1v) is 9.51. The van der Waals surface area contributed by atoms with Crippen LogP contribution < -0.4 is 21.4 Å². The number of pyridine rings is 1. The Morgan fingerprint density at radius 1 is 1.13 bits per heavy atom. The van der Waals surface area contributed by atoms with Gasteiger partial charge < -0.3 is 20.2 Å². The molecule has 2 amide bonds. The molecule has 2 aromatic heterocycles. The van der Waals surface area contributed by atoms with Gasteiger partial charge in [-0.1, -0.05) is 24.3 Å². The molecule has 0 fully saturated rings. The minimum atomic E-state index is -1.05. The maximum absolute atomic E-state index is 12.7. The number of hydrogen-bond acceptors (Lipinski definition) is 6. The lowest BCUT2D eigenvalue weighted by Gasteiger charge is -2.16. The molecule has 2 aromatic carbocycles. The summed E-state index contributed by atoms with van der Waals surface area (Å²) in [6.45, 7) is 0. The monoisotopic (exact) mass is 417 g/mol. The third-order valence-electron chi connectivity index (χ3n) is 4.94. The number of ether oxygens (including phenoxy) is 1. The zero-order valence-corrected chi connectivity index (χ0v) is 16.6. The van der Waals surface area contributed by atoms with Gasteiger partial charge in [0.15, 0.2) is 0 Å². The van der Waals surface area contributed by atoms with Crippen LogP contribution in [0.5, 0.6) is 5.75 Å². The molecule has 0 aliphatic rings. The number of methoxy groups -OCH3 is 1.